The molecule has 11 heavy (non-hydrogen) atoms. The molecule has 0 aromatic rings. The molecule has 1 aliphatic heterocycles. The fourth-order valence-corrected chi connectivity index (χ4v) is 2.39. The minimum Gasteiger partial charge on any atom is -0.213 e. The Balaban J connectivity index is 2.55. The summed E-state index contributed by atoms with van der Waals surface area (Å²) >= 11 is 5.60. The Morgan fingerprint density at radius 1 is 1.64 bits per heavy atom. The van der Waals surface area contributed by atoms with E-state index >= 15 is 0 Å². The molecule has 0 aliphatic carbocycles. The third kappa shape index (κ3) is 2.32. The zero-order valence-electron chi connectivity index (χ0n) is 6.46. The van der Waals surface area contributed by atoms with Crippen LogP contribution in [0, 0.1) is 5.92 Å². The van der Waals surface area contributed by atoms with Crippen molar-refractivity contribution in [2.75, 3.05) is 25.2 Å². The van der Waals surface area contributed by atoms with Gasteiger partial charge in [-0.15, -0.1) is 11.6 Å². The highest BCUT2D eigenvalue weighted by molar-refractivity contribution is 7.88. The first-order chi connectivity index (χ1) is 5.04. The van der Waals surface area contributed by atoms with Crippen molar-refractivity contribution >= 4 is 21.6 Å². The standard InChI is InChI=1S/C6H12ClNO2S/c1-11(9,10)8-3-2-6(4-7)5-8/h6H,2-5H2,1H3/t6-/m0/s1. The van der Waals surface area contributed by atoms with Crippen molar-refractivity contribution < 1.29 is 8.42 Å². The Labute approximate surface area is 72.4 Å². The fourth-order valence-electron chi connectivity index (χ4n) is 1.22. The van der Waals surface area contributed by atoms with Crippen molar-refractivity contribution in [3.8, 4) is 0 Å². The van der Waals surface area contributed by atoms with Crippen LogP contribution in [0.1, 0.15) is 6.42 Å². The second-order valence-electron chi connectivity index (χ2n) is 2.93. The first-order valence-corrected chi connectivity index (χ1v) is 5.93. The molecule has 1 fully saturated rings. The van der Waals surface area contributed by atoms with Gasteiger partial charge in [-0.1, -0.05) is 0 Å². The van der Waals surface area contributed by atoms with Crippen LogP contribution in [0.3, 0.4) is 0 Å². The Bertz CT molecular complexity index is 227. The zero-order valence-corrected chi connectivity index (χ0v) is 8.03. The van der Waals surface area contributed by atoms with E-state index in [4.69, 9.17) is 11.6 Å². The number of nitrogens with zero attached hydrogens (tertiary/aromatic N) is 1. The average Bonchev–Trinajstić information content (AvgIpc) is 2.32. The molecule has 1 aliphatic rings. The van der Waals surface area contributed by atoms with Gasteiger partial charge in [0.2, 0.25) is 10.0 Å². The van der Waals surface area contributed by atoms with Crippen LogP contribution in [0.2, 0.25) is 0 Å². The van der Waals surface area contributed by atoms with E-state index in [9.17, 15) is 8.42 Å². The van der Waals surface area contributed by atoms with Crippen molar-refractivity contribution in [1.82, 2.24) is 4.31 Å². The number of halogens is 1. The summed E-state index contributed by atoms with van der Waals surface area (Å²) in [5.41, 5.74) is 0. The van der Waals surface area contributed by atoms with Crippen molar-refractivity contribution in [3.63, 3.8) is 0 Å². The third-order valence-electron chi connectivity index (χ3n) is 1.94. The zero-order chi connectivity index (χ0) is 8.48. The molecular weight excluding hydrogens is 186 g/mol. The quantitative estimate of drug-likeness (QED) is 0.605. The molecule has 0 spiro atoms. The Morgan fingerprint density at radius 2 is 2.27 bits per heavy atom. The largest absolute Gasteiger partial charge is 0.213 e. The van der Waals surface area contributed by atoms with Crippen LogP contribution >= 0.6 is 11.6 Å². The van der Waals surface area contributed by atoms with Crippen LogP contribution < -0.4 is 0 Å². The summed E-state index contributed by atoms with van der Waals surface area (Å²) in [5.74, 6) is 0.915. The summed E-state index contributed by atoms with van der Waals surface area (Å²) in [5, 5.41) is 0. The topological polar surface area (TPSA) is 37.4 Å². The second kappa shape index (κ2) is 3.29. The molecule has 66 valence electrons. The molecule has 3 nitrogen and oxygen atoms in total. The summed E-state index contributed by atoms with van der Waals surface area (Å²) in [6.07, 6.45) is 2.14. The van der Waals surface area contributed by atoms with Gasteiger partial charge < -0.3 is 0 Å². The predicted octanol–water partition coefficient (Wildman–Crippen LogP) is 0.507. The average molecular weight is 198 g/mol. The first-order valence-electron chi connectivity index (χ1n) is 3.55. The summed E-state index contributed by atoms with van der Waals surface area (Å²) in [6.45, 7) is 1.23. The van der Waals surface area contributed by atoms with Crippen molar-refractivity contribution in [1.29, 1.82) is 0 Å². The summed E-state index contributed by atoms with van der Waals surface area (Å²) in [7, 11) is -2.97. The fraction of sp³-hybridized carbons (Fsp3) is 1.00. The SMILES string of the molecule is CS(=O)(=O)N1CC[C@@H](CCl)C1. The number of alkyl halides is 1. The Hall–Kier alpha value is 0.200. The molecule has 1 atom stereocenters. The van der Waals surface area contributed by atoms with Crippen LogP contribution in [0.25, 0.3) is 0 Å². The number of hydrogen-bond donors (Lipinski definition) is 0. The van der Waals surface area contributed by atoms with Gasteiger partial charge in [0.05, 0.1) is 6.26 Å². The molecule has 0 radical (unpaired) electrons. The molecule has 0 unspecified atom stereocenters. The lowest BCUT2D eigenvalue weighted by Gasteiger charge is -2.11. The number of sulfonamides is 1. The molecule has 1 saturated heterocycles. The van der Waals surface area contributed by atoms with Crippen molar-refractivity contribution in [2.24, 2.45) is 5.92 Å². The molecule has 1 heterocycles. The molecule has 0 aromatic carbocycles. The first kappa shape index (κ1) is 9.29. The molecular formula is C6H12ClNO2S. The maximum absolute atomic E-state index is 11.0. The minimum absolute atomic E-state index is 0.353. The van der Waals surface area contributed by atoms with Crippen LogP contribution in [0.5, 0.6) is 0 Å². The van der Waals surface area contributed by atoms with Crippen molar-refractivity contribution in [3.05, 3.63) is 0 Å². The van der Waals surface area contributed by atoms with E-state index in [-0.39, 0.29) is 0 Å². The van der Waals surface area contributed by atoms with Crippen LogP contribution in [-0.2, 0) is 10.0 Å². The monoisotopic (exact) mass is 197 g/mol. The second-order valence-corrected chi connectivity index (χ2v) is 5.22. The molecule has 5 heteroatoms. The predicted molar refractivity (Wildman–Crippen MR) is 45.2 cm³/mol. The highest BCUT2D eigenvalue weighted by Gasteiger charge is 2.27. The van der Waals surface area contributed by atoms with Gasteiger partial charge in [-0.25, -0.2) is 12.7 Å². The molecule has 0 amide bonds. The summed E-state index contributed by atoms with van der Waals surface area (Å²) < 4.78 is 23.4. The van der Waals surface area contributed by atoms with E-state index in [0.717, 1.165) is 6.42 Å². The smallest absolute Gasteiger partial charge is 0.211 e. The lowest BCUT2D eigenvalue weighted by molar-refractivity contribution is 0.470. The van der Waals surface area contributed by atoms with Gasteiger partial charge in [0.1, 0.15) is 0 Å². The normalized spacial score (nSPS) is 27.6. The molecule has 0 N–H and O–H groups in total. The number of rotatable bonds is 2. The van der Waals surface area contributed by atoms with E-state index in [1.807, 2.05) is 0 Å². The molecule has 0 saturated carbocycles. The Kier molecular flexibility index (Phi) is 2.78. The maximum atomic E-state index is 11.0. The van der Waals surface area contributed by atoms with Crippen LogP contribution in [0.4, 0.5) is 0 Å². The highest BCUT2D eigenvalue weighted by Crippen LogP contribution is 2.19. The van der Waals surface area contributed by atoms with E-state index in [2.05, 4.69) is 0 Å². The molecule has 0 bridgehead atoms. The van der Waals surface area contributed by atoms with Gasteiger partial charge in [0, 0.05) is 19.0 Å². The van der Waals surface area contributed by atoms with Gasteiger partial charge in [-0.2, -0.15) is 0 Å². The lowest BCUT2D eigenvalue weighted by atomic mass is 10.2. The highest BCUT2D eigenvalue weighted by atomic mass is 35.5. The molecule has 0 aromatic heterocycles. The Morgan fingerprint density at radius 3 is 2.55 bits per heavy atom. The van der Waals surface area contributed by atoms with E-state index in [1.54, 1.807) is 0 Å². The van der Waals surface area contributed by atoms with E-state index < -0.39 is 10.0 Å². The van der Waals surface area contributed by atoms with Crippen LogP contribution in [-0.4, -0.2) is 37.9 Å². The molecule has 1 rings (SSSR count). The third-order valence-corrected chi connectivity index (χ3v) is 3.64. The van der Waals surface area contributed by atoms with Gasteiger partial charge in [-0.3, -0.25) is 0 Å². The van der Waals surface area contributed by atoms with Crippen molar-refractivity contribution in [2.45, 2.75) is 6.42 Å². The van der Waals surface area contributed by atoms with Gasteiger partial charge >= 0.3 is 0 Å². The van der Waals surface area contributed by atoms with Gasteiger partial charge in [0.15, 0.2) is 0 Å². The lowest BCUT2D eigenvalue weighted by Crippen LogP contribution is -2.27. The van der Waals surface area contributed by atoms with Crippen LogP contribution in [0.15, 0.2) is 0 Å². The van der Waals surface area contributed by atoms with E-state index in [1.165, 1.54) is 10.6 Å². The van der Waals surface area contributed by atoms with Gasteiger partial charge in [-0.05, 0) is 12.3 Å². The van der Waals surface area contributed by atoms with Gasteiger partial charge in [0.25, 0.3) is 0 Å². The summed E-state index contributed by atoms with van der Waals surface area (Å²) in [4.78, 5) is 0. The maximum Gasteiger partial charge on any atom is 0.211 e. The van der Waals surface area contributed by atoms with E-state index in [0.29, 0.717) is 24.9 Å². The minimum atomic E-state index is -2.97. The number of hydrogen-bond acceptors (Lipinski definition) is 2. The summed E-state index contributed by atoms with van der Waals surface area (Å²) in [6, 6.07) is 0.